The number of hydrogen-bond donors (Lipinski definition) is 1. The number of benzene rings is 2. The van der Waals surface area contributed by atoms with Crippen LogP contribution in [0.15, 0.2) is 51.7 Å². The average Bonchev–Trinajstić information content (AvgIpc) is 2.54. The lowest BCUT2D eigenvalue weighted by atomic mass is 10.1. The molecule has 25 heavy (non-hydrogen) atoms. The second-order valence-electron chi connectivity index (χ2n) is 5.67. The van der Waals surface area contributed by atoms with Gasteiger partial charge < -0.3 is 9.73 Å². The molecule has 0 unspecified atom stereocenters. The van der Waals surface area contributed by atoms with Gasteiger partial charge in [0.15, 0.2) is 0 Å². The first-order chi connectivity index (χ1) is 11.8. The van der Waals surface area contributed by atoms with Gasteiger partial charge in [-0.3, -0.25) is 14.9 Å². The molecule has 126 valence electrons. The van der Waals surface area contributed by atoms with Gasteiger partial charge in [-0.25, -0.2) is 4.79 Å². The molecule has 0 aliphatic heterocycles. The Kier molecular flexibility index (Phi) is 4.06. The van der Waals surface area contributed by atoms with E-state index >= 15 is 0 Å². The number of carbonyl (C=O) groups is 1. The molecule has 7 heteroatoms. The molecule has 0 aliphatic carbocycles. The molecule has 0 fully saturated rings. The summed E-state index contributed by atoms with van der Waals surface area (Å²) in [7, 11) is 0. The fourth-order valence-corrected chi connectivity index (χ4v) is 2.55. The van der Waals surface area contributed by atoms with Crippen LogP contribution in [0.5, 0.6) is 0 Å². The van der Waals surface area contributed by atoms with E-state index in [1.807, 2.05) is 0 Å². The number of amides is 1. The number of nitro benzene ring substituents is 1. The zero-order valence-corrected chi connectivity index (χ0v) is 13.5. The van der Waals surface area contributed by atoms with Crippen molar-refractivity contribution in [1.82, 2.24) is 0 Å². The smallest absolute Gasteiger partial charge is 0.336 e. The topological polar surface area (TPSA) is 102 Å². The van der Waals surface area contributed by atoms with Gasteiger partial charge in [-0.05, 0) is 37.6 Å². The van der Waals surface area contributed by atoms with Crippen LogP contribution in [0.1, 0.15) is 21.5 Å². The number of anilines is 1. The molecule has 1 N–H and O–H groups in total. The van der Waals surface area contributed by atoms with Gasteiger partial charge in [0.1, 0.15) is 5.58 Å². The minimum Gasteiger partial charge on any atom is -0.423 e. The average molecular weight is 338 g/mol. The van der Waals surface area contributed by atoms with E-state index in [1.165, 1.54) is 24.3 Å². The van der Waals surface area contributed by atoms with E-state index < -0.39 is 16.5 Å². The third-order valence-electron chi connectivity index (χ3n) is 3.88. The standard InChI is InChI=1S/C18H14N2O5/c1-10-3-4-12(8-15(10)20(23)24)18(22)19-13-5-6-14-11(2)7-17(21)25-16(14)9-13/h3-9H,1-2H3,(H,19,22). The van der Waals surface area contributed by atoms with E-state index in [9.17, 15) is 19.7 Å². The first-order valence-electron chi connectivity index (χ1n) is 7.46. The van der Waals surface area contributed by atoms with Gasteiger partial charge in [0.05, 0.1) is 4.92 Å². The van der Waals surface area contributed by atoms with Crippen molar-refractivity contribution in [1.29, 1.82) is 0 Å². The molecule has 0 saturated carbocycles. The molecule has 3 aromatic rings. The fourth-order valence-electron chi connectivity index (χ4n) is 2.55. The largest absolute Gasteiger partial charge is 0.423 e. The molecular formula is C18H14N2O5. The van der Waals surface area contributed by atoms with E-state index in [1.54, 1.807) is 32.0 Å². The minimum absolute atomic E-state index is 0.118. The van der Waals surface area contributed by atoms with E-state index in [0.717, 1.165) is 10.9 Å². The lowest BCUT2D eigenvalue weighted by molar-refractivity contribution is -0.385. The highest BCUT2D eigenvalue weighted by atomic mass is 16.6. The van der Waals surface area contributed by atoms with Crippen LogP contribution >= 0.6 is 0 Å². The van der Waals surface area contributed by atoms with Gasteiger partial charge in [-0.15, -0.1) is 0 Å². The Hall–Kier alpha value is -3.48. The number of carbonyl (C=O) groups excluding carboxylic acids is 1. The minimum atomic E-state index is -0.528. The molecule has 0 bridgehead atoms. The van der Waals surface area contributed by atoms with Crippen molar-refractivity contribution in [3.63, 3.8) is 0 Å². The highest BCUT2D eigenvalue weighted by Gasteiger charge is 2.15. The zero-order valence-electron chi connectivity index (χ0n) is 13.5. The van der Waals surface area contributed by atoms with Crippen molar-refractivity contribution >= 4 is 28.3 Å². The highest BCUT2D eigenvalue weighted by molar-refractivity contribution is 6.05. The van der Waals surface area contributed by atoms with Crippen LogP contribution in [-0.4, -0.2) is 10.8 Å². The number of nitro groups is 1. The number of nitrogens with zero attached hydrogens (tertiary/aromatic N) is 1. The van der Waals surface area contributed by atoms with Crippen LogP contribution < -0.4 is 10.9 Å². The predicted octanol–water partition coefficient (Wildman–Crippen LogP) is 3.57. The van der Waals surface area contributed by atoms with Gasteiger partial charge >= 0.3 is 5.63 Å². The molecule has 0 radical (unpaired) electrons. The molecule has 1 heterocycles. The van der Waals surface area contributed by atoms with Crippen LogP contribution in [-0.2, 0) is 0 Å². The number of hydrogen-bond acceptors (Lipinski definition) is 5. The van der Waals surface area contributed by atoms with Crippen molar-refractivity contribution in [2.45, 2.75) is 13.8 Å². The fraction of sp³-hybridized carbons (Fsp3) is 0.111. The number of fused-ring (bicyclic) bond motifs is 1. The normalized spacial score (nSPS) is 10.6. The lowest BCUT2D eigenvalue weighted by Crippen LogP contribution is -2.12. The van der Waals surface area contributed by atoms with Crippen LogP contribution in [0.4, 0.5) is 11.4 Å². The molecule has 0 atom stereocenters. The molecule has 0 saturated heterocycles. The maximum Gasteiger partial charge on any atom is 0.336 e. The Balaban J connectivity index is 1.93. The number of nitrogens with one attached hydrogen (secondary N) is 1. The van der Waals surface area contributed by atoms with Crippen LogP contribution in [0.2, 0.25) is 0 Å². The van der Waals surface area contributed by atoms with Gasteiger partial charge in [0, 0.05) is 40.4 Å². The molecular weight excluding hydrogens is 324 g/mol. The van der Waals surface area contributed by atoms with Crippen molar-refractivity contribution in [2.24, 2.45) is 0 Å². The summed E-state index contributed by atoms with van der Waals surface area (Å²) >= 11 is 0. The Morgan fingerprint density at radius 3 is 2.56 bits per heavy atom. The monoisotopic (exact) mass is 338 g/mol. The summed E-state index contributed by atoms with van der Waals surface area (Å²) in [5, 5.41) is 14.4. The molecule has 0 aliphatic rings. The molecule has 0 spiro atoms. The maximum absolute atomic E-state index is 12.3. The summed E-state index contributed by atoms with van der Waals surface area (Å²) in [5.41, 5.74) is 1.62. The molecule has 7 nitrogen and oxygen atoms in total. The Labute approximate surface area is 142 Å². The van der Waals surface area contributed by atoms with Crippen molar-refractivity contribution < 1.29 is 14.1 Å². The van der Waals surface area contributed by atoms with Crippen molar-refractivity contribution in [3.8, 4) is 0 Å². The first-order valence-corrected chi connectivity index (χ1v) is 7.46. The zero-order chi connectivity index (χ0) is 18.1. The molecule has 3 rings (SSSR count). The lowest BCUT2D eigenvalue weighted by Gasteiger charge is -2.07. The second-order valence-corrected chi connectivity index (χ2v) is 5.67. The van der Waals surface area contributed by atoms with Crippen LogP contribution in [0.25, 0.3) is 11.0 Å². The maximum atomic E-state index is 12.3. The third-order valence-corrected chi connectivity index (χ3v) is 3.88. The molecule has 1 aromatic heterocycles. The van der Waals surface area contributed by atoms with Crippen LogP contribution in [0, 0.1) is 24.0 Å². The predicted molar refractivity (Wildman–Crippen MR) is 93.0 cm³/mol. The Bertz CT molecular complexity index is 1070. The Morgan fingerprint density at radius 2 is 1.84 bits per heavy atom. The molecule has 2 aromatic carbocycles. The Morgan fingerprint density at radius 1 is 1.08 bits per heavy atom. The number of aryl methyl sites for hydroxylation is 2. The summed E-state index contributed by atoms with van der Waals surface area (Å²) in [5.74, 6) is -0.488. The quantitative estimate of drug-likeness (QED) is 0.447. The van der Waals surface area contributed by atoms with E-state index in [-0.39, 0.29) is 11.3 Å². The van der Waals surface area contributed by atoms with Gasteiger partial charge in [0.25, 0.3) is 11.6 Å². The number of rotatable bonds is 3. The van der Waals surface area contributed by atoms with Crippen molar-refractivity contribution in [2.75, 3.05) is 5.32 Å². The summed E-state index contributed by atoms with van der Waals surface area (Å²) < 4.78 is 5.14. The summed E-state index contributed by atoms with van der Waals surface area (Å²) in [6.07, 6.45) is 0. The second kappa shape index (κ2) is 6.20. The summed E-state index contributed by atoms with van der Waals surface area (Å²) in [6, 6.07) is 10.6. The first kappa shape index (κ1) is 16.4. The van der Waals surface area contributed by atoms with E-state index in [0.29, 0.717) is 16.8 Å². The SMILES string of the molecule is Cc1ccc(C(=O)Nc2ccc3c(C)cc(=O)oc3c2)cc1[N+](=O)[O-]. The third kappa shape index (κ3) is 3.25. The van der Waals surface area contributed by atoms with E-state index in [2.05, 4.69) is 5.32 Å². The van der Waals surface area contributed by atoms with Crippen LogP contribution in [0.3, 0.4) is 0 Å². The highest BCUT2D eigenvalue weighted by Crippen LogP contribution is 2.23. The van der Waals surface area contributed by atoms with Gasteiger partial charge in [-0.1, -0.05) is 6.07 Å². The van der Waals surface area contributed by atoms with Gasteiger partial charge in [-0.2, -0.15) is 0 Å². The molecule has 1 amide bonds. The summed E-state index contributed by atoms with van der Waals surface area (Å²) in [6.45, 7) is 3.40. The van der Waals surface area contributed by atoms with Crippen molar-refractivity contribution in [3.05, 3.63) is 79.7 Å². The summed E-state index contributed by atoms with van der Waals surface area (Å²) in [4.78, 5) is 34.3. The van der Waals surface area contributed by atoms with Gasteiger partial charge in [0.2, 0.25) is 0 Å². The van der Waals surface area contributed by atoms with E-state index in [4.69, 9.17) is 4.42 Å².